The van der Waals surface area contributed by atoms with E-state index in [0.717, 1.165) is 11.3 Å². The lowest BCUT2D eigenvalue weighted by Gasteiger charge is -1.97. The molecule has 0 aromatic carbocycles. The summed E-state index contributed by atoms with van der Waals surface area (Å²) in [5.41, 5.74) is 5.27. The van der Waals surface area contributed by atoms with E-state index in [0.29, 0.717) is 5.13 Å². The summed E-state index contributed by atoms with van der Waals surface area (Å²) < 4.78 is 9.21. The second kappa shape index (κ2) is 3.86. The SMILES string of the molecule is COC(=O)COc1nnc(N)s1. The molecule has 12 heavy (non-hydrogen) atoms. The average molecular weight is 189 g/mol. The van der Waals surface area contributed by atoms with Crippen molar-refractivity contribution in [2.24, 2.45) is 0 Å². The van der Waals surface area contributed by atoms with E-state index < -0.39 is 5.97 Å². The Morgan fingerprint density at radius 2 is 2.42 bits per heavy atom. The van der Waals surface area contributed by atoms with Gasteiger partial charge in [0.25, 0.3) is 5.19 Å². The zero-order chi connectivity index (χ0) is 8.97. The number of nitrogens with two attached hydrogens (primary N) is 1. The summed E-state index contributed by atoms with van der Waals surface area (Å²) in [6, 6.07) is 0. The van der Waals surface area contributed by atoms with Gasteiger partial charge < -0.3 is 15.2 Å². The molecule has 0 aliphatic carbocycles. The molecule has 0 saturated carbocycles. The minimum Gasteiger partial charge on any atom is -0.466 e. The monoisotopic (exact) mass is 189 g/mol. The Balaban J connectivity index is 2.38. The maximum atomic E-state index is 10.6. The highest BCUT2D eigenvalue weighted by atomic mass is 32.1. The molecule has 6 nitrogen and oxygen atoms in total. The first-order valence-electron chi connectivity index (χ1n) is 3.01. The maximum Gasteiger partial charge on any atom is 0.343 e. The number of carbonyl (C=O) groups is 1. The Labute approximate surface area is 72.3 Å². The summed E-state index contributed by atoms with van der Waals surface area (Å²) >= 11 is 1.07. The molecule has 7 heteroatoms. The molecule has 2 N–H and O–H groups in total. The van der Waals surface area contributed by atoms with Crippen molar-refractivity contribution in [3.63, 3.8) is 0 Å². The van der Waals surface area contributed by atoms with Gasteiger partial charge in [-0.15, -0.1) is 5.10 Å². The van der Waals surface area contributed by atoms with Gasteiger partial charge in [-0.3, -0.25) is 0 Å². The summed E-state index contributed by atoms with van der Waals surface area (Å²) in [6.45, 7) is -0.175. The summed E-state index contributed by atoms with van der Waals surface area (Å²) in [5.74, 6) is -0.469. The predicted octanol–water partition coefficient (Wildman–Crippen LogP) is -0.328. The molecule has 0 amide bonds. The molecule has 0 aliphatic heterocycles. The third-order valence-corrected chi connectivity index (χ3v) is 1.63. The lowest BCUT2D eigenvalue weighted by atomic mass is 10.7. The first-order valence-corrected chi connectivity index (χ1v) is 3.82. The molecule has 0 saturated heterocycles. The molecule has 0 unspecified atom stereocenters. The molecule has 0 spiro atoms. The van der Waals surface area contributed by atoms with Crippen LogP contribution in [0.5, 0.6) is 5.19 Å². The molecule has 1 aromatic rings. The van der Waals surface area contributed by atoms with E-state index in [2.05, 4.69) is 14.9 Å². The fraction of sp³-hybridized carbons (Fsp3) is 0.400. The first-order chi connectivity index (χ1) is 5.72. The van der Waals surface area contributed by atoms with Gasteiger partial charge in [0.1, 0.15) is 0 Å². The van der Waals surface area contributed by atoms with Crippen LogP contribution in [0.2, 0.25) is 0 Å². The lowest BCUT2D eigenvalue weighted by Crippen LogP contribution is -2.12. The highest BCUT2D eigenvalue weighted by Gasteiger charge is 2.05. The van der Waals surface area contributed by atoms with Crippen molar-refractivity contribution in [2.45, 2.75) is 0 Å². The van der Waals surface area contributed by atoms with Gasteiger partial charge in [0.05, 0.1) is 7.11 Å². The smallest absolute Gasteiger partial charge is 0.343 e. The Hall–Kier alpha value is -1.37. The zero-order valence-electron chi connectivity index (χ0n) is 6.31. The van der Waals surface area contributed by atoms with Crippen LogP contribution in [0.3, 0.4) is 0 Å². The van der Waals surface area contributed by atoms with E-state index in [4.69, 9.17) is 10.5 Å². The van der Waals surface area contributed by atoms with Crippen LogP contribution in [-0.4, -0.2) is 29.9 Å². The van der Waals surface area contributed by atoms with Crippen molar-refractivity contribution in [3.8, 4) is 5.19 Å². The van der Waals surface area contributed by atoms with Crippen LogP contribution < -0.4 is 10.5 Å². The maximum absolute atomic E-state index is 10.6. The van der Waals surface area contributed by atoms with Crippen LogP contribution in [0, 0.1) is 0 Å². The van der Waals surface area contributed by atoms with E-state index in [1.807, 2.05) is 0 Å². The van der Waals surface area contributed by atoms with Crippen LogP contribution in [0.4, 0.5) is 5.13 Å². The number of esters is 1. The van der Waals surface area contributed by atoms with Gasteiger partial charge in [-0.2, -0.15) is 0 Å². The Morgan fingerprint density at radius 1 is 1.67 bits per heavy atom. The van der Waals surface area contributed by atoms with Crippen LogP contribution >= 0.6 is 11.3 Å². The molecule has 0 atom stereocenters. The van der Waals surface area contributed by atoms with Gasteiger partial charge in [0.15, 0.2) is 6.61 Å². The highest BCUT2D eigenvalue weighted by Crippen LogP contribution is 2.18. The van der Waals surface area contributed by atoms with E-state index in [9.17, 15) is 4.79 Å². The standard InChI is InChI=1S/C5H7N3O3S/c1-10-3(9)2-11-5-8-7-4(6)12-5/h2H2,1H3,(H2,6,7). The molecule has 0 bridgehead atoms. The largest absolute Gasteiger partial charge is 0.466 e. The normalized spacial score (nSPS) is 9.42. The third kappa shape index (κ3) is 2.35. The molecular formula is C5H7N3O3S. The van der Waals surface area contributed by atoms with E-state index in [1.54, 1.807) is 0 Å². The Morgan fingerprint density at radius 3 is 2.92 bits per heavy atom. The van der Waals surface area contributed by atoms with Gasteiger partial charge in [0, 0.05) is 0 Å². The number of hydrogen-bond donors (Lipinski definition) is 1. The van der Waals surface area contributed by atoms with Gasteiger partial charge in [-0.1, -0.05) is 5.10 Å². The van der Waals surface area contributed by atoms with Gasteiger partial charge in [-0.05, 0) is 11.3 Å². The first kappa shape index (κ1) is 8.72. The molecule has 1 aromatic heterocycles. The zero-order valence-corrected chi connectivity index (χ0v) is 7.13. The van der Waals surface area contributed by atoms with Crippen molar-refractivity contribution in [3.05, 3.63) is 0 Å². The van der Waals surface area contributed by atoms with Crippen LogP contribution in [0.1, 0.15) is 0 Å². The number of hydrogen-bond acceptors (Lipinski definition) is 7. The number of anilines is 1. The van der Waals surface area contributed by atoms with Gasteiger partial charge in [-0.25, -0.2) is 4.79 Å². The number of carbonyl (C=O) groups excluding carboxylic acids is 1. The third-order valence-electron chi connectivity index (χ3n) is 0.963. The number of nitrogens with zero attached hydrogens (tertiary/aromatic N) is 2. The molecular weight excluding hydrogens is 182 g/mol. The highest BCUT2D eigenvalue weighted by molar-refractivity contribution is 7.16. The minimum absolute atomic E-state index is 0.175. The Kier molecular flexibility index (Phi) is 2.81. The van der Waals surface area contributed by atoms with Gasteiger partial charge in [0.2, 0.25) is 5.13 Å². The quantitative estimate of drug-likeness (QED) is 0.655. The summed E-state index contributed by atoms with van der Waals surface area (Å²) in [4.78, 5) is 10.6. The van der Waals surface area contributed by atoms with Crippen molar-refractivity contribution >= 4 is 22.4 Å². The van der Waals surface area contributed by atoms with Crippen LogP contribution in [0.15, 0.2) is 0 Å². The molecule has 1 heterocycles. The number of rotatable bonds is 3. The molecule has 0 fully saturated rings. The Bertz CT molecular complexity index is 275. The molecule has 0 radical (unpaired) electrons. The second-order valence-corrected chi connectivity index (χ2v) is 2.74. The van der Waals surface area contributed by atoms with Crippen molar-refractivity contribution in [1.29, 1.82) is 0 Å². The summed E-state index contributed by atoms with van der Waals surface area (Å²) in [6.07, 6.45) is 0. The van der Waals surface area contributed by atoms with Crippen molar-refractivity contribution in [1.82, 2.24) is 10.2 Å². The van der Waals surface area contributed by atoms with Crippen LogP contribution in [-0.2, 0) is 9.53 Å². The average Bonchev–Trinajstić information content (AvgIpc) is 2.47. The lowest BCUT2D eigenvalue weighted by molar-refractivity contribution is -0.142. The summed E-state index contributed by atoms with van der Waals surface area (Å²) in [5, 5.41) is 7.59. The van der Waals surface area contributed by atoms with E-state index >= 15 is 0 Å². The van der Waals surface area contributed by atoms with E-state index in [-0.39, 0.29) is 11.8 Å². The second-order valence-electron chi connectivity index (χ2n) is 1.77. The van der Waals surface area contributed by atoms with Gasteiger partial charge >= 0.3 is 5.97 Å². The molecule has 66 valence electrons. The summed E-state index contributed by atoms with van der Waals surface area (Å²) in [7, 11) is 1.28. The molecule has 0 aliphatic rings. The number of nitrogen functional groups attached to an aromatic ring is 1. The topological polar surface area (TPSA) is 87.3 Å². The minimum atomic E-state index is -0.469. The van der Waals surface area contributed by atoms with Crippen LogP contribution in [0.25, 0.3) is 0 Å². The fourth-order valence-electron chi connectivity index (χ4n) is 0.458. The molecule has 1 rings (SSSR count). The van der Waals surface area contributed by atoms with E-state index in [1.165, 1.54) is 7.11 Å². The van der Waals surface area contributed by atoms with Crippen molar-refractivity contribution in [2.75, 3.05) is 19.5 Å². The number of aromatic nitrogens is 2. The number of methoxy groups -OCH3 is 1. The number of ether oxygens (including phenoxy) is 2. The van der Waals surface area contributed by atoms with Crippen molar-refractivity contribution < 1.29 is 14.3 Å². The fourth-order valence-corrected chi connectivity index (χ4v) is 0.918. The predicted molar refractivity (Wildman–Crippen MR) is 41.8 cm³/mol.